The van der Waals surface area contributed by atoms with Crippen molar-refractivity contribution >= 4 is 17.5 Å². The lowest BCUT2D eigenvalue weighted by atomic mass is 9.96. The smallest absolute Gasteiger partial charge is 0.258 e. The van der Waals surface area contributed by atoms with E-state index in [9.17, 15) is 9.59 Å². The van der Waals surface area contributed by atoms with Crippen LogP contribution in [0.15, 0.2) is 40.9 Å². The molecule has 2 amide bonds. The highest BCUT2D eigenvalue weighted by Crippen LogP contribution is 2.26. The lowest BCUT2D eigenvalue weighted by Gasteiger charge is -2.13. The van der Waals surface area contributed by atoms with Crippen molar-refractivity contribution in [3.05, 3.63) is 42.2 Å². The average molecular weight is 297 g/mol. The zero-order valence-corrected chi connectivity index (χ0v) is 12.5. The molecule has 2 heterocycles. The third-order valence-electron chi connectivity index (χ3n) is 3.28. The van der Waals surface area contributed by atoms with Gasteiger partial charge in [0, 0.05) is 23.1 Å². The van der Waals surface area contributed by atoms with Gasteiger partial charge in [-0.05, 0) is 24.3 Å². The van der Waals surface area contributed by atoms with Crippen LogP contribution in [0.3, 0.4) is 0 Å². The Morgan fingerprint density at radius 3 is 2.09 bits per heavy atom. The van der Waals surface area contributed by atoms with Gasteiger partial charge >= 0.3 is 0 Å². The van der Waals surface area contributed by atoms with Gasteiger partial charge in [-0.2, -0.15) is 4.98 Å². The van der Waals surface area contributed by atoms with Crippen LogP contribution in [-0.4, -0.2) is 22.0 Å². The molecule has 0 fully saturated rings. The number of imide groups is 1. The fourth-order valence-electron chi connectivity index (χ4n) is 2.05. The Bertz CT molecular complexity index is 749. The van der Waals surface area contributed by atoms with Crippen LogP contribution in [0, 0.1) is 0 Å². The van der Waals surface area contributed by atoms with Crippen molar-refractivity contribution in [1.82, 2.24) is 10.1 Å². The van der Waals surface area contributed by atoms with Crippen molar-refractivity contribution in [1.29, 1.82) is 0 Å². The van der Waals surface area contributed by atoms with Gasteiger partial charge in [0.2, 0.25) is 0 Å². The molecule has 0 aliphatic carbocycles. The minimum absolute atomic E-state index is 0.193. The number of anilines is 1. The Kier molecular flexibility index (Phi) is 3.16. The highest BCUT2D eigenvalue weighted by molar-refractivity contribution is 6.28. The number of carbonyl (C=O) groups is 2. The maximum Gasteiger partial charge on any atom is 0.258 e. The average Bonchev–Trinajstić information content (AvgIpc) is 3.06. The molecule has 1 aromatic heterocycles. The molecular weight excluding hydrogens is 282 g/mol. The van der Waals surface area contributed by atoms with Crippen molar-refractivity contribution in [2.75, 3.05) is 4.90 Å². The predicted octanol–water partition coefficient (Wildman–Crippen LogP) is 2.46. The van der Waals surface area contributed by atoms with Crippen LogP contribution < -0.4 is 4.90 Å². The first-order valence-electron chi connectivity index (χ1n) is 6.87. The van der Waals surface area contributed by atoms with Crippen molar-refractivity contribution in [3.63, 3.8) is 0 Å². The summed E-state index contributed by atoms with van der Waals surface area (Å²) in [4.78, 5) is 28.7. The van der Waals surface area contributed by atoms with Gasteiger partial charge in [0.05, 0.1) is 5.69 Å². The normalized spacial score (nSPS) is 15.0. The molecule has 112 valence electrons. The first kappa shape index (κ1) is 14.2. The molecule has 0 saturated heterocycles. The van der Waals surface area contributed by atoms with Gasteiger partial charge in [0.1, 0.15) is 0 Å². The molecule has 0 saturated carbocycles. The molecule has 0 unspecified atom stereocenters. The van der Waals surface area contributed by atoms with Gasteiger partial charge in [0.15, 0.2) is 5.82 Å². The molecule has 6 nitrogen and oxygen atoms in total. The number of rotatable bonds is 2. The molecule has 0 spiro atoms. The van der Waals surface area contributed by atoms with E-state index in [1.807, 2.05) is 20.8 Å². The molecule has 22 heavy (non-hydrogen) atoms. The van der Waals surface area contributed by atoms with Gasteiger partial charge in [-0.25, -0.2) is 4.90 Å². The highest BCUT2D eigenvalue weighted by Gasteiger charge is 2.25. The number of aromatic nitrogens is 2. The molecule has 2 aromatic rings. The minimum atomic E-state index is -0.342. The third-order valence-corrected chi connectivity index (χ3v) is 3.28. The Hall–Kier alpha value is -2.76. The van der Waals surface area contributed by atoms with Crippen LogP contribution in [0.4, 0.5) is 5.69 Å². The number of hydrogen-bond acceptors (Lipinski definition) is 5. The van der Waals surface area contributed by atoms with Crippen LogP contribution in [0.2, 0.25) is 0 Å². The number of benzene rings is 1. The molecule has 1 aliphatic rings. The van der Waals surface area contributed by atoms with E-state index in [0.29, 0.717) is 17.4 Å². The maximum absolute atomic E-state index is 11.6. The summed E-state index contributed by atoms with van der Waals surface area (Å²) >= 11 is 0. The van der Waals surface area contributed by atoms with Crippen molar-refractivity contribution in [2.45, 2.75) is 26.2 Å². The Morgan fingerprint density at radius 1 is 1.00 bits per heavy atom. The molecule has 1 aliphatic heterocycles. The topological polar surface area (TPSA) is 76.3 Å². The van der Waals surface area contributed by atoms with Gasteiger partial charge in [0.25, 0.3) is 17.7 Å². The summed E-state index contributed by atoms with van der Waals surface area (Å²) in [6.45, 7) is 6.01. The largest absolute Gasteiger partial charge is 0.334 e. The van der Waals surface area contributed by atoms with Crippen molar-refractivity contribution in [2.24, 2.45) is 0 Å². The second kappa shape index (κ2) is 4.91. The summed E-state index contributed by atoms with van der Waals surface area (Å²) in [7, 11) is 0. The van der Waals surface area contributed by atoms with E-state index in [0.717, 1.165) is 10.5 Å². The Morgan fingerprint density at radius 2 is 1.59 bits per heavy atom. The van der Waals surface area contributed by atoms with Crippen LogP contribution >= 0.6 is 0 Å². The lowest BCUT2D eigenvalue weighted by molar-refractivity contribution is -0.119. The number of hydrogen-bond donors (Lipinski definition) is 0. The second-order valence-electron chi connectivity index (χ2n) is 6.07. The molecule has 6 heteroatoms. The fraction of sp³-hybridized carbons (Fsp3) is 0.250. The minimum Gasteiger partial charge on any atom is -0.334 e. The number of nitrogens with zero attached hydrogens (tertiary/aromatic N) is 3. The highest BCUT2D eigenvalue weighted by atomic mass is 16.5. The van der Waals surface area contributed by atoms with Crippen LogP contribution in [-0.2, 0) is 15.0 Å². The second-order valence-corrected chi connectivity index (χ2v) is 6.07. The molecule has 0 N–H and O–H groups in total. The third kappa shape index (κ3) is 2.43. The standard InChI is InChI=1S/C16H15N3O3/c1-16(2,3)15-17-14(22-18-15)10-4-6-11(7-5-10)19-12(20)8-9-13(19)21/h4-9H,1-3H3. The Balaban J connectivity index is 1.87. The van der Waals surface area contributed by atoms with E-state index in [1.165, 1.54) is 12.2 Å². The quantitative estimate of drug-likeness (QED) is 0.796. The fourth-order valence-corrected chi connectivity index (χ4v) is 2.05. The van der Waals surface area contributed by atoms with E-state index in [4.69, 9.17) is 4.52 Å². The van der Waals surface area contributed by atoms with E-state index >= 15 is 0 Å². The van der Waals surface area contributed by atoms with E-state index in [2.05, 4.69) is 10.1 Å². The van der Waals surface area contributed by atoms with Crippen molar-refractivity contribution in [3.8, 4) is 11.5 Å². The molecule has 1 aromatic carbocycles. The van der Waals surface area contributed by atoms with E-state index in [-0.39, 0.29) is 17.2 Å². The van der Waals surface area contributed by atoms with Crippen molar-refractivity contribution < 1.29 is 14.1 Å². The van der Waals surface area contributed by atoms with Crippen LogP contribution in [0.1, 0.15) is 26.6 Å². The Labute approximate surface area is 127 Å². The zero-order valence-electron chi connectivity index (χ0n) is 12.5. The monoisotopic (exact) mass is 297 g/mol. The summed E-state index contributed by atoms with van der Waals surface area (Å²) < 4.78 is 5.26. The molecular formula is C16H15N3O3. The van der Waals surface area contributed by atoms with E-state index in [1.54, 1.807) is 24.3 Å². The summed E-state index contributed by atoms with van der Waals surface area (Å²) in [5.74, 6) is 0.352. The SMILES string of the molecule is CC(C)(C)c1noc(-c2ccc(N3C(=O)C=CC3=O)cc2)n1. The molecule has 0 atom stereocenters. The van der Waals surface area contributed by atoms with E-state index < -0.39 is 0 Å². The lowest BCUT2D eigenvalue weighted by Crippen LogP contribution is -2.29. The van der Waals surface area contributed by atoms with Gasteiger partial charge < -0.3 is 4.52 Å². The summed E-state index contributed by atoms with van der Waals surface area (Å²) in [6.07, 6.45) is 2.51. The zero-order chi connectivity index (χ0) is 15.9. The maximum atomic E-state index is 11.6. The first-order valence-corrected chi connectivity index (χ1v) is 6.87. The molecule has 0 radical (unpaired) electrons. The summed E-state index contributed by atoms with van der Waals surface area (Å²) in [5, 5.41) is 3.97. The summed E-state index contributed by atoms with van der Waals surface area (Å²) in [6, 6.07) is 6.85. The molecule has 3 rings (SSSR count). The number of amides is 2. The van der Waals surface area contributed by atoms with Crippen LogP contribution in [0.25, 0.3) is 11.5 Å². The van der Waals surface area contributed by atoms with Gasteiger partial charge in [-0.1, -0.05) is 25.9 Å². The van der Waals surface area contributed by atoms with Gasteiger partial charge in [-0.15, -0.1) is 0 Å². The first-order chi connectivity index (χ1) is 10.4. The van der Waals surface area contributed by atoms with Crippen LogP contribution in [0.5, 0.6) is 0 Å². The number of carbonyl (C=O) groups excluding carboxylic acids is 2. The summed E-state index contributed by atoms with van der Waals surface area (Å²) in [5.41, 5.74) is 1.06. The molecule has 0 bridgehead atoms. The van der Waals surface area contributed by atoms with Gasteiger partial charge in [-0.3, -0.25) is 9.59 Å². The predicted molar refractivity (Wildman–Crippen MR) is 80.1 cm³/mol.